The predicted molar refractivity (Wildman–Crippen MR) is 106 cm³/mol. The Balaban J connectivity index is 2.00. The molecule has 0 bridgehead atoms. The van der Waals surface area contributed by atoms with Crippen LogP contribution >= 0.6 is 15.9 Å². The van der Waals surface area contributed by atoms with Crippen LogP contribution in [0.2, 0.25) is 0 Å². The van der Waals surface area contributed by atoms with Crippen molar-refractivity contribution in [2.45, 2.75) is 13.3 Å². The summed E-state index contributed by atoms with van der Waals surface area (Å²) in [7, 11) is 1.27. The number of nitrogens with zero attached hydrogens (tertiary/aromatic N) is 2. The zero-order chi connectivity index (χ0) is 20.7. The van der Waals surface area contributed by atoms with Crippen molar-refractivity contribution in [2.24, 2.45) is 5.10 Å². The van der Waals surface area contributed by atoms with Gasteiger partial charge in [0, 0.05) is 16.1 Å². The number of ether oxygens (including phenoxy) is 2. The number of benzene rings is 2. The first-order chi connectivity index (χ1) is 13.3. The van der Waals surface area contributed by atoms with E-state index in [4.69, 9.17) is 9.47 Å². The first-order valence-electron chi connectivity index (χ1n) is 8.14. The number of hydrogen-bond acceptors (Lipinski definition) is 7. The lowest BCUT2D eigenvalue weighted by molar-refractivity contribution is -0.386. The Morgan fingerprint density at radius 2 is 2.11 bits per heavy atom. The fraction of sp³-hybridized carbons (Fsp3) is 0.222. The van der Waals surface area contributed by atoms with Crippen LogP contribution in [0.15, 0.2) is 39.9 Å². The minimum absolute atomic E-state index is 0.0763. The average Bonchev–Trinajstić information content (AvgIpc) is 2.67. The van der Waals surface area contributed by atoms with Crippen molar-refractivity contribution in [3.63, 3.8) is 0 Å². The van der Waals surface area contributed by atoms with Gasteiger partial charge in [0.25, 0.3) is 5.91 Å². The minimum atomic E-state index is -0.745. The van der Waals surface area contributed by atoms with Crippen LogP contribution in [0.25, 0.3) is 0 Å². The number of methoxy groups -OCH3 is 1. The molecule has 0 saturated heterocycles. The highest BCUT2D eigenvalue weighted by Gasteiger charge is 2.19. The van der Waals surface area contributed by atoms with Gasteiger partial charge in [0.15, 0.2) is 12.4 Å². The van der Waals surface area contributed by atoms with Crippen LogP contribution in [0.4, 0.5) is 5.69 Å². The largest absolute Gasteiger partial charge is 0.500 e. The fourth-order valence-electron chi connectivity index (χ4n) is 2.30. The zero-order valence-electron chi connectivity index (χ0n) is 15.1. The molecular weight excluding hydrogens is 434 g/mol. The van der Waals surface area contributed by atoms with E-state index in [0.717, 1.165) is 22.5 Å². The van der Waals surface area contributed by atoms with Gasteiger partial charge in [-0.3, -0.25) is 14.9 Å². The molecule has 0 unspecified atom stereocenters. The van der Waals surface area contributed by atoms with Crippen molar-refractivity contribution in [1.82, 2.24) is 5.43 Å². The molecule has 0 aromatic heterocycles. The van der Waals surface area contributed by atoms with E-state index in [0.29, 0.717) is 5.75 Å². The van der Waals surface area contributed by atoms with Crippen molar-refractivity contribution >= 4 is 33.7 Å². The number of hydrazone groups is 1. The summed E-state index contributed by atoms with van der Waals surface area (Å²) in [6, 6.07) is 7.96. The summed E-state index contributed by atoms with van der Waals surface area (Å²) in [6.45, 7) is 1.73. The lowest BCUT2D eigenvalue weighted by Crippen LogP contribution is -2.24. The van der Waals surface area contributed by atoms with Gasteiger partial charge >= 0.3 is 5.69 Å². The first kappa shape index (κ1) is 21.2. The number of halogens is 1. The number of nitro benzene ring substituents is 1. The number of carbonyl (C=O) groups excluding carboxylic acids is 1. The molecule has 0 aliphatic carbocycles. The van der Waals surface area contributed by atoms with Gasteiger partial charge in [-0.15, -0.1) is 0 Å². The second kappa shape index (κ2) is 9.70. The summed E-state index contributed by atoms with van der Waals surface area (Å²) in [5.41, 5.74) is 2.96. The molecule has 28 heavy (non-hydrogen) atoms. The molecule has 148 valence electrons. The molecule has 1 amide bonds. The Morgan fingerprint density at radius 1 is 1.36 bits per heavy atom. The highest BCUT2D eigenvalue weighted by atomic mass is 79.9. The molecule has 0 spiro atoms. The van der Waals surface area contributed by atoms with Crippen molar-refractivity contribution < 1.29 is 24.3 Å². The standard InChI is InChI=1S/C18H18BrN3O6/c1-3-12-8-13(19)4-5-15(12)28-10-17(23)21-20-9-11-6-14(22(25)26)18(24)16(7-11)27-2/h4-9,24H,3,10H2,1-2H3,(H,21,23)/b20-9+. The number of phenolic OH excluding ortho intramolecular Hbond substituents is 1. The molecule has 0 atom stereocenters. The van der Waals surface area contributed by atoms with Gasteiger partial charge in [0.2, 0.25) is 5.75 Å². The Bertz CT molecular complexity index is 916. The van der Waals surface area contributed by atoms with Gasteiger partial charge in [-0.05, 0) is 36.2 Å². The molecule has 10 heteroatoms. The molecular formula is C18H18BrN3O6. The number of nitrogens with one attached hydrogen (secondary N) is 1. The van der Waals surface area contributed by atoms with Crippen LogP contribution < -0.4 is 14.9 Å². The average molecular weight is 452 g/mol. The van der Waals surface area contributed by atoms with Crippen LogP contribution in [-0.2, 0) is 11.2 Å². The van der Waals surface area contributed by atoms with Gasteiger partial charge < -0.3 is 14.6 Å². The molecule has 2 N–H and O–H groups in total. The van der Waals surface area contributed by atoms with Gasteiger partial charge in [0.05, 0.1) is 18.2 Å². The van der Waals surface area contributed by atoms with E-state index in [1.54, 1.807) is 6.07 Å². The Labute approximate surface area is 169 Å². The third-order valence-corrected chi connectivity index (χ3v) is 4.15. The third kappa shape index (κ3) is 5.43. The molecule has 2 aromatic carbocycles. The van der Waals surface area contributed by atoms with Gasteiger partial charge in [-0.2, -0.15) is 5.10 Å². The zero-order valence-corrected chi connectivity index (χ0v) is 16.7. The number of aromatic hydroxyl groups is 1. The summed E-state index contributed by atoms with van der Waals surface area (Å²) >= 11 is 3.38. The molecule has 2 aromatic rings. The van der Waals surface area contributed by atoms with Crippen molar-refractivity contribution in [1.29, 1.82) is 0 Å². The maximum atomic E-state index is 11.9. The second-order valence-corrected chi connectivity index (χ2v) is 6.45. The van der Waals surface area contributed by atoms with E-state index in [1.807, 2.05) is 19.1 Å². The van der Waals surface area contributed by atoms with E-state index in [-0.39, 0.29) is 17.9 Å². The topological polar surface area (TPSA) is 123 Å². The van der Waals surface area contributed by atoms with E-state index in [9.17, 15) is 20.0 Å². The molecule has 0 aliphatic rings. The van der Waals surface area contributed by atoms with Crippen molar-refractivity contribution in [3.05, 3.63) is 56.0 Å². The van der Waals surface area contributed by atoms with Crippen LogP contribution in [0.5, 0.6) is 17.2 Å². The third-order valence-electron chi connectivity index (χ3n) is 3.66. The lowest BCUT2D eigenvalue weighted by atomic mass is 10.1. The van der Waals surface area contributed by atoms with Crippen molar-refractivity contribution in [3.8, 4) is 17.2 Å². The highest BCUT2D eigenvalue weighted by Crippen LogP contribution is 2.36. The summed E-state index contributed by atoms with van der Waals surface area (Å²) in [4.78, 5) is 22.1. The number of carbonyl (C=O) groups is 1. The Morgan fingerprint density at radius 3 is 2.75 bits per heavy atom. The maximum absolute atomic E-state index is 11.9. The summed E-state index contributed by atoms with van der Waals surface area (Å²) in [5.74, 6) is -0.554. The van der Waals surface area contributed by atoms with Crippen LogP contribution in [0.1, 0.15) is 18.1 Å². The van der Waals surface area contributed by atoms with Crippen LogP contribution in [0.3, 0.4) is 0 Å². The summed E-state index contributed by atoms with van der Waals surface area (Å²) in [6.07, 6.45) is 1.94. The molecule has 0 aliphatic heterocycles. The summed E-state index contributed by atoms with van der Waals surface area (Å²) in [5, 5.41) is 24.5. The number of amides is 1. The van der Waals surface area contributed by atoms with Gasteiger partial charge in [-0.25, -0.2) is 5.43 Å². The van der Waals surface area contributed by atoms with Crippen LogP contribution in [0, 0.1) is 10.1 Å². The van der Waals surface area contributed by atoms with E-state index in [2.05, 4.69) is 26.5 Å². The molecule has 0 fully saturated rings. The SMILES string of the molecule is CCc1cc(Br)ccc1OCC(=O)N/N=C/c1cc(OC)c(O)c([N+](=O)[O-])c1. The van der Waals surface area contributed by atoms with E-state index in [1.165, 1.54) is 19.4 Å². The number of hydrogen-bond donors (Lipinski definition) is 2. The maximum Gasteiger partial charge on any atom is 0.315 e. The second-order valence-electron chi connectivity index (χ2n) is 5.54. The molecule has 0 heterocycles. The Hall–Kier alpha value is -3.14. The number of phenols is 1. The number of aryl methyl sites for hydroxylation is 1. The van der Waals surface area contributed by atoms with E-state index >= 15 is 0 Å². The summed E-state index contributed by atoms with van der Waals surface area (Å²) < 4.78 is 11.3. The molecule has 0 radical (unpaired) electrons. The normalized spacial score (nSPS) is 10.7. The first-order valence-corrected chi connectivity index (χ1v) is 8.93. The quantitative estimate of drug-likeness (QED) is 0.360. The van der Waals surface area contributed by atoms with Crippen molar-refractivity contribution in [2.75, 3.05) is 13.7 Å². The molecule has 0 saturated carbocycles. The number of nitro groups is 1. The smallest absolute Gasteiger partial charge is 0.315 e. The highest BCUT2D eigenvalue weighted by molar-refractivity contribution is 9.10. The fourth-order valence-corrected chi connectivity index (χ4v) is 2.71. The Kier molecular flexibility index (Phi) is 7.33. The van der Waals surface area contributed by atoms with E-state index < -0.39 is 22.3 Å². The predicted octanol–water partition coefficient (Wildman–Crippen LogP) is 3.16. The lowest BCUT2D eigenvalue weighted by Gasteiger charge is -2.10. The minimum Gasteiger partial charge on any atom is -0.500 e. The number of rotatable bonds is 8. The van der Waals surface area contributed by atoms with Crippen LogP contribution in [-0.4, -0.2) is 35.9 Å². The molecule has 9 nitrogen and oxygen atoms in total. The molecule has 2 rings (SSSR count). The van der Waals surface area contributed by atoms with Gasteiger partial charge in [-0.1, -0.05) is 22.9 Å². The van der Waals surface area contributed by atoms with Gasteiger partial charge in [0.1, 0.15) is 5.75 Å². The monoisotopic (exact) mass is 451 g/mol.